The quantitative estimate of drug-likeness (QED) is 0.349. The van der Waals surface area contributed by atoms with Crippen molar-refractivity contribution in [3.8, 4) is 11.9 Å². The van der Waals surface area contributed by atoms with E-state index in [1.807, 2.05) is 44.2 Å². The molecule has 9 heteroatoms. The zero-order valence-corrected chi connectivity index (χ0v) is 23.3. The van der Waals surface area contributed by atoms with E-state index in [4.69, 9.17) is 14.7 Å². The van der Waals surface area contributed by atoms with Crippen LogP contribution >= 0.6 is 11.8 Å². The first-order valence-corrected chi connectivity index (χ1v) is 14.1. The number of aromatic nitrogens is 1. The number of halogens is 1. The monoisotopic (exact) mass is 548 g/mol. The Balaban J connectivity index is 0.00000172. The molecule has 1 atom stereocenters. The average molecular weight is 549 g/mol. The molecule has 1 N–H and O–H groups in total. The Hall–Kier alpha value is -3.61. The lowest BCUT2D eigenvalue weighted by Crippen LogP contribution is -2.39. The van der Waals surface area contributed by atoms with Crippen LogP contribution in [-0.4, -0.2) is 48.0 Å². The number of pyridine rings is 1. The van der Waals surface area contributed by atoms with E-state index in [1.165, 1.54) is 13.2 Å². The standard InChI is InChI=1S/C28H27FN4O3S.C2H6/c1-35-28(34)20-7-8-24-25(14-20)37-27(32-24)16-33-11-9-19(10-12-33)23-3-2-4-26(31-23)36-17-21-6-5-18(15-30)13-22(21)29;1-2/h2-8,13-14,19,27,32H,9-12,16-17H2,1H3;1-2H3. The number of nitrogens with zero attached hydrogens (tertiary/aromatic N) is 3. The molecule has 2 aromatic carbocycles. The number of methoxy groups -OCH3 is 1. The van der Waals surface area contributed by atoms with Gasteiger partial charge in [0, 0.05) is 40.4 Å². The van der Waals surface area contributed by atoms with Crippen LogP contribution < -0.4 is 10.1 Å². The van der Waals surface area contributed by atoms with Crippen LogP contribution in [0.1, 0.15) is 59.8 Å². The lowest BCUT2D eigenvalue weighted by atomic mass is 9.93. The number of hydrogen-bond acceptors (Lipinski definition) is 8. The van der Waals surface area contributed by atoms with E-state index >= 15 is 0 Å². The number of fused-ring (bicyclic) bond motifs is 1. The molecular weight excluding hydrogens is 515 g/mol. The number of likely N-dealkylation sites (tertiary alicyclic amines) is 1. The van der Waals surface area contributed by atoms with Crippen molar-refractivity contribution in [2.45, 2.75) is 49.5 Å². The van der Waals surface area contributed by atoms with Gasteiger partial charge in [-0.05, 0) is 62.3 Å². The van der Waals surface area contributed by atoms with Gasteiger partial charge in [0.15, 0.2) is 0 Å². The molecule has 3 aromatic rings. The second-order valence-electron chi connectivity index (χ2n) is 9.14. The van der Waals surface area contributed by atoms with Gasteiger partial charge in [-0.25, -0.2) is 14.2 Å². The number of hydrogen-bond donors (Lipinski definition) is 1. The molecule has 0 bridgehead atoms. The van der Waals surface area contributed by atoms with Crippen molar-refractivity contribution in [2.24, 2.45) is 0 Å². The molecule has 5 rings (SSSR count). The van der Waals surface area contributed by atoms with Gasteiger partial charge in [0.1, 0.15) is 12.4 Å². The third-order valence-corrected chi connectivity index (χ3v) is 7.86. The van der Waals surface area contributed by atoms with Crippen LogP contribution in [0.3, 0.4) is 0 Å². The first kappa shape index (κ1) is 28.4. The van der Waals surface area contributed by atoms with Crippen LogP contribution in [0.5, 0.6) is 5.88 Å². The smallest absolute Gasteiger partial charge is 0.337 e. The van der Waals surface area contributed by atoms with Crippen LogP contribution in [0.25, 0.3) is 0 Å². The summed E-state index contributed by atoms with van der Waals surface area (Å²) in [6, 6.07) is 17.7. The van der Waals surface area contributed by atoms with Gasteiger partial charge in [-0.2, -0.15) is 5.26 Å². The summed E-state index contributed by atoms with van der Waals surface area (Å²) in [6.45, 7) is 6.90. The maximum atomic E-state index is 14.2. The maximum Gasteiger partial charge on any atom is 0.337 e. The van der Waals surface area contributed by atoms with Crippen LogP contribution in [0.2, 0.25) is 0 Å². The molecule has 1 saturated heterocycles. The number of ether oxygens (including phenoxy) is 2. The lowest BCUT2D eigenvalue weighted by Gasteiger charge is -2.33. The summed E-state index contributed by atoms with van der Waals surface area (Å²) < 4.78 is 24.7. The summed E-state index contributed by atoms with van der Waals surface area (Å²) in [5.41, 5.74) is 3.29. The normalized spacial score (nSPS) is 16.7. The topological polar surface area (TPSA) is 87.5 Å². The second-order valence-corrected chi connectivity index (χ2v) is 10.4. The Morgan fingerprint density at radius 2 is 1.97 bits per heavy atom. The van der Waals surface area contributed by atoms with Gasteiger partial charge in [-0.3, -0.25) is 0 Å². The van der Waals surface area contributed by atoms with Gasteiger partial charge in [0.05, 0.1) is 29.7 Å². The Bertz CT molecular complexity index is 1340. The highest BCUT2D eigenvalue weighted by Gasteiger charge is 2.28. The Kier molecular flexibility index (Phi) is 9.79. The van der Waals surface area contributed by atoms with Crippen molar-refractivity contribution >= 4 is 23.4 Å². The molecule has 39 heavy (non-hydrogen) atoms. The molecular formula is C30H33FN4O3S. The summed E-state index contributed by atoms with van der Waals surface area (Å²) in [5.74, 6) is 0.0395. The molecule has 0 amide bonds. The summed E-state index contributed by atoms with van der Waals surface area (Å²) in [4.78, 5) is 20.0. The Labute approximate surface area is 233 Å². The SMILES string of the molecule is CC.COC(=O)c1ccc2c(c1)SC(CN1CCC(c3cccc(OCc4ccc(C#N)cc4F)n3)CC1)N2. The second kappa shape index (κ2) is 13.5. The summed E-state index contributed by atoms with van der Waals surface area (Å²) >= 11 is 1.75. The number of carbonyl (C=O) groups is 1. The summed E-state index contributed by atoms with van der Waals surface area (Å²) in [7, 11) is 1.39. The molecule has 0 radical (unpaired) electrons. The van der Waals surface area contributed by atoms with E-state index < -0.39 is 5.82 Å². The number of anilines is 1. The zero-order valence-electron chi connectivity index (χ0n) is 22.4. The van der Waals surface area contributed by atoms with Crippen LogP contribution in [0, 0.1) is 17.1 Å². The van der Waals surface area contributed by atoms with E-state index in [2.05, 4.69) is 15.2 Å². The maximum absolute atomic E-state index is 14.2. The molecule has 2 aliphatic rings. The van der Waals surface area contributed by atoms with Crippen LogP contribution in [0.15, 0.2) is 59.5 Å². The fourth-order valence-electron chi connectivity index (χ4n) is 4.69. The lowest BCUT2D eigenvalue weighted by molar-refractivity contribution is 0.0600. The molecule has 0 spiro atoms. The third kappa shape index (κ3) is 7.08. The molecule has 0 aliphatic carbocycles. The Morgan fingerprint density at radius 3 is 2.69 bits per heavy atom. The fraction of sp³-hybridized carbons (Fsp3) is 0.367. The summed E-state index contributed by atoms with van der Waals surface area (Å²) in [6.07, 6.45) is 2.00. The Morgan fingerprint density at radius 1 is 1.18 bits per heavy atom. The molecule has 1 unspecified atom stereocenters. The van der Waals surface area contributed by atoms with Gasteiger partial charge in [0.25, 0.3) is 0 Å². The van der Waals surface area contributed by atoms with Gasteiger partial charge in [0.2, 0.25) is 5.88 Å². The highest BCUT2D eigenvalue weighted by atomic mass is 32.2. The number of nitriles is 1. The van der Waals surface area contributed by atoms with Crippen molar-refractivity contribution in [3.63, 3.8) is 0 Å². The van der Waals surface area contributed by atoms with Crippen LogP contribution in [0.4, 0.5) is 10.1 Å². The highest BCUT2D eigenvalue weighted by Crippen LogP contribution is 2.40. The summed E-state index contributed by atoms with van der Waals surface area (Å²) in [5, 5.41) is 12.7. The molecule has 3 heterocycles. The number of nitrogens with one attached hydrogen (secondary N) is 1. The van der Waals surface area contributed by atoms with E-state index in [1.54, 1.807) is 36.0 Å². The number of thioether (sulfide) groups is 1. The molecule has 204 valence electrons. The van der Waals surface area contributed by atoms with E-state index in [9.17, 15) is 9.18 Å². The van der Waals surface area contributed by atoms with E-state index in [0.717, 1.165) is 48.8 Å². The van der Waals surface area contributed by atoms with E-state index in [-0.39, 0.29) is 23.5 Å². The molecule has 1 aromatic heterocycles. The minimum Gasteiger partial charge on any atom is -0.473 e. The molecule has 0 saturated carbocycles. The average Bonchev–Trinajstić information content (AvgIpc) is 3.39. The third-order valence-electron chi connectivity index (χ3n) is 6.72. The van der Waals surface area contributed by atoms with Crippen molar-refractivity contribution < 1.29 is 18.7 Å². The number of benzene rings is 2. The number of rotatable bonds is 7. The first-order valence-electron chi connectivity index (χ1n) is 13.2. The predicted octanol–water partition coefficient (Wildman–Crippen LogP) is 6.21. The molecule has 7 nitrogen and oxygen atoms in total. The van der Waals surface area contributed by atoms with Crippen molar-refractivity contribution in [2.75, 3.05) is 32.1 Å². The zero-order chi connectivity index (χ0) is 27.8. The van der Waals surface area contributed by atoms with Gasteiger partial charge < -0.3 is 19.7 Å². The number of carbonyl (C=O) groups excluding carboxylic acids is 1. The van der Waals surface area contributed by atoms with Crippen LogP contribution in [-0.2, 0) is 11.3 Å². The van der Waals surface area contributed by atoms with Gasteiger partial charge >= 0.3 is 5.97 Å². The molecule has 2 aliphatic heterocycles. The minimum atomic E-state index is -0.454. The van der Waals surface area contributed by atoms with Crippen molar-refractivity contribution in [3.05, 3.63) is 82.8 Å². The predicted molar refractivity (Wildman–Crippen MR) is 150 cm³/mol. The minimum absolute atomic E-state index is 0.0575. The fourth-order valence-corrected chi connectivity index (χ4v) is 5.92. The van der Waals surface area contributed by atoms with Crippen molar-refractivity contribution in [1.29, 1.82) is 5.26 Å². The van der Waals surface area contributed by atoms with Gasteiger partial charge in [-0.15, -0.1) is 0 Å². The van der Waals surface area contributed by atoms with Gasteiger partial charge in [-0.1, -0.05) is 37.7 Å². The first-order chi connectivity index (χ1) is 19.0. The number of piperidine rings is 1. The van der Waals surface area contributed by atoms with E-state index in [0.29, 0.717) is 22.9 Å². The highest BCUT2D eigenvalue weighted by molar-refractivity contribution is 8.00. The molecule has 1 fully saturated rings. The number of esters is 1. The van der Waals surface area contributed by atoms with Crippen molar-refractivity contribution in [1.82, 2.24) is 9.88 Å². The largest absolute Gasteiger partial charge is 0.473 e.